The van der Waals surface area contributed by atoms with Crippen molar-refractivity contribution in [2.24, 2.45) is 11.5 Å². The van der Waals surface area contributed by atoms with E-state index >= 15 is 0 Å². The SMILES string of the molecule is CCOC(OCC)P(=O)(OCC)[C@@H](N)CC(N)=O. The molecular formula is C10H23N2O5P. The Bertz CT molecular complexity index is 294. The van der Waals surface area contributed by atoms with E-state index in [-0.39, 0.29) is 13.0 Å². The molecule has 0 fully saturated rings. The molecule has 0 saturated carbocycles. The summed E-state index contributed by atoms with van der Waals surface area (Å²) in [6.45, 7) is 5.93. The molecule has 0 aliphatic carbocycles. The highest BCUT2D eigenvalue weighted by Gasteiger charge is 2.42. The Morgan fingerprint density at radius 1 is 1.17 bits per heavy atom. The molecule has 0 heterocycles. The molecule has 108 valence electrons. The molecule has 0 aliphatic rings. The van der Waals surface area contributed by atoms with Gasteiger partial charge in [0.1, 0.15) is 0 Å². The molecule has 0 aromatic rings. The van der Waals surface area contributed by atoms with Crippen LogP contribution in [0, 0.1) is 0 Å². The largest absolute Gasteiger partial charge is 0.370 e. The molecule has 8 heteroatoms. The number of rotatable bonds is 10. The number of primary amides is 1. The van der Waals surface area contributed by atoms with Crippen molar-refractivity contribution in [2.45, 2.75) is 39.0 Å². The van der Waals surface area contributed by atoms with Crippen LogP contribution in [0.2, 0.25) is 0 Å². The van der Waals surface area contributed by atoms with E-state index in [1.165, 1.54) is 0 Å². The van der Waals surface area contributed by atoms with Crippen LogP contribution >= 0.6 is 7.37 Å². The number of hydrogen-bond donors (Lipinski definition) is 2. The lowest BCUT2D eigenvalue weighted by molar-refractivity contribution is -0.118. The van der Waals surface area contributed by atoms with E-state index in [1.54, 1.807) is 20.8 Å². The normalized spacial score (nSPS) is 16.5. The van der Waals surface area contributed by atoms with E-state index in [0.717, 1.165) is 0 Å². The van der Waals surface area contributed by atoms with E-state index in [1.807, 2.05) is 0 Å². The molecule has 0 radical (unpaired) electrons. The molecule has 0 rings (SSSR count). The minimum atomic E-state index is -3.47. The number of ether oxygens (including phenoxy) is 2. The van der Waals surface area contributed by atoms with Crippen molar-refractivity contribution >= 4 is 13.3 Å². The van der Waals surface area contributed by atoms with Crippen molar-refractivity contribution in [1.29, 1.82) is 0 Å². The van der Waals surface area contributed by atoms with Gasteiger partial charge in [-0.15, -0.1) is 0 Å². The maximum atomic E-state index is 12.7. The Hall–Kier alpha value is -0.460. The van der Waals surface area contributed by atoms with Crippen LogP contribution in [0.25, 0.3) is 0 Å². The van der Waals surface area contributed by atoms with Gasteiger partial charge in [-0.05, 0) is 20.8 Å². The molecule has 1 unspecified atom stereocenters. The molecule has 0 aromatic carbocycles. The Kier molecular flexibility index (Phi) is 8.39. The second-order valence-corrected chi connectivity index (χ2v) is 6.15. The molecule has 7 nitrogen and oxygen atoms in total. The highest BCUT2D eigenvalue weighted by atomic mass is 31.2. The first-order valence-electron chi connectivity index (χ1n) is 5.93. The third-order valence-corrected chi connectivity index (χ3v) is 4.77. The fourth-order valence-corrected chi connectivity index (χ4v) is 3.57. The Morgan fingerprint density at radius 2 is 1.67 bits per heavy atom. The van der Waals surface area contributed by atoms with Crippen molar-refractivity contribution < 1.29 is 23.4 Å². The van der Waals surface area contributed by atoms with E-state index in [9.17, 15) is 9.36 Å². The first-order valence-corrected chi connectivity index (χ1v) is 7.69. The quantitative estimate of drug-likeness (QED) is 0.453. The van der Waals surface area contributed by atoms with Gasteiger partial charge < -0.3 is 25.5 Å². The summed E-state index contributed by atoms with van der Waals surface area (Å²) < 4.78 is 28.5. The van der Waals surface area contributed by atoms with Gasteiger partial charge in [0.05, 0.1) is 18.8 Å². The van der Waals surface area contributed by atoms with Crippen LogP contribution in [0.1, 0.15) is 27.2 Å². The van der Waals surface area contributed by atoms with Gasteiger partial charge >= 0.3 is 0 Å². The predicted molar refractivity (Wildman–Crippen MR) is 68.1 cm³/mol. The lowest BCUT2D eigenvalue weighted by Crippen LogP contribution is -2.34. The van der Waals surface area contributed by atoms with Crippen molar-refractivity contribution in [3.8, 4) is 0 Å². The summed E-state index contributed by atoms with van der Waals surface area (Å²) in [5.41, 5.74) is 10.8. The maximum Gasteiger partial charge on any atom is 0.274 e. The smallest absolute Gasteiger partial charge is 0.274 e. The molecule has 0 aliphatic heterocycles. The standard InChI is InChI=1S/C10H23N2O5P/c1-4-15-10(16-5-2)18(14,17-6-3)9(12)7-8(11)13/h9-10H,4-7,12H2,1-3H3,(H2,11,13)/t9-,18?/m1/s1. The highest BCUT2D eigenvalue weighted by molar-refractivity contribution is 7.60. The zero-order valence-corrected chi connectivity index (χ0v) is 12.0. The van der Waals surface area contributed by atoms with Crippen molar-refractivity contribution in [3.63, 3.8) is 0 Å². The van der Waals surface area contributed by atoms with Gasteiger partial charge in [0.2, 0.25) is 11.9 Å². The number of carbonyl (C=O) groups excluding carboxylic acids is 1. The minimum Gasteiger partial charge on any atom is -0.370 e. The van der Waals surface area contributed by atoms with E-state index in [2.05, 4.69) is 0 Å². The van der Waals surface area contributed by atoms with Gasteiger partial charge in [0.15, 0.2) is 0 Å². The van der Waals surface area contributed by atoms with Crippen molar-refractivity contribution in [1.82, 2.24) is 0 Å². The fraction of sp³-hybridized carbons (Fsp3) is 0.900. The molecule has 1 amide bonds. The molecule has 0 saturated heterocycles. The minimum absolute atomic E-state index is 0.181. The number of amides is 1. The van der Waals surface area contributed by atoms with Crippen LogP contribution in [0.15, 0.2) is 0 Å². The topological polar surface area (TPSA) is 114 Å². The van der Waals surface area contributed by atoms with Gasteiger partial charge in [-0.2, -0.15) is 0 Å². The van der Waals surface area contributed by atoms with Crippen LogP contribution in [0.4, 0.5) is 0 Å². The summed E-state index contributed by atoms with van der Waals surface area (Å²) in [4.78, 5) is 10.9. The lowest BCUT2D eigenvalue weighted by Gasteiger charge is -2.30. The van der Waals surface area contributed by atoms with Crippen LogP contribution in [-0.2, 0) is 23.4 Å². The predicted octanol–water partition coefficient (Wildman–Crippen LogP) is 0.818. The van der Waals surface area contributed by atoms with Crippen molar-refractivity contribution in [3.05, 3.63) is 0 Å². The van der Waals surface area contributed by atoms with Crippen LogP contribution < -0.4 is 11.5 Å². The summed E-state index contributed by atoms with van der Waals surface area (Å²) in [6, 6.07) is -1.07. The zero-order valence-electron chi connectivity index (χ0n) is 11.1. The van der Waals surface area contributed by atoms with Gasteiger partial charge in [0.25, 0.3) is 7.37 Å². The van der Waals surface area contributed by atoms with Crippen LogP contribution in [0.5, 0.6) is 0 Å². The van der Waals surface area contributed by atoms with Crippen LogP contribution in [-0.4, -0.2) is 37.5 Å². The fourth-order valence-electron chi connectivity index (χ4n) is 1.39. The van der Waals surface area contributed by atoms with Crippen molar-refractivity contribution in [2.75, 3.05) is 19.8 Å². The zero-order chi connectivity index (χ0) is 14.2. The van der Waals surface area contributed by atoms with Crippen LogP contribution in [0.3, 0.4) is 0 Å². The van der Waals surface area contributed by atoms with Gasteiger partial charge in [-0.1, -0.05) is 0 Å². The van der Waals surface area contributed by atoms with E-state index in [4.69, 9.17) is 25.5 Å². The van der Waals surface area contributed by atoms with E-state index in [0.29, 0.717) is 13.2 Å². The molecule has 0 aromatic heterocycles. The Balaban J connectivity index is 5.05. The number of hydrogen-bond acceptors (Lipinski definition) is 6. The summed E-state index contributed by atoms with van der Waals surface area (Å²) in [5, 5.41) is 0. The maximum absolute atomic E-state index is 12.7. The molecule has 4 N–H and O–H groups in total. The van der Waals surface area contributed by atoms with Gasteiger partial charge in [-0.3, -0.25) is 9.36 Å². The average Bonchev–Trinajstić information content (AvgIpc) is 2.28. The first-order chi connectivity index (χ1) is 8.42. The first kappa shape index (κ1) is 17.5. The van der Waals surface area contributed by atoms with E-state index < -0.39 is 25.1 Å². The Labute approximate surface area is 108 Å². The molecule has 2 atom stereocenters. The third-order valence-electron chi connectivity index (χ3n) is 2.12. The second-order valence-electron chi connectivity index (χ2n) is 3.52. The second kappa shape index (κ2) is 8.61. The highest BCUT2D eigenvalue weighted by Crippen LogP contribution is 2.56. The lowest BCUT2D eigenvalue weighted by atomic mass is 10.4. The third kappa shape index (κ3) is 5.04. The number of nitrogens with two attached hydrogens (primary N) is 2. The molecule has 18 heavy (non-hydrogen) atoms. The number of carbonyl (C=O) groups is 1. The molecular weight excluding hydrogens is 259 g/mol. The summed E-state index contributed by atoms with van der Waals surface area (Å²) in [7, 11) is -3.47. The average molecular weight is 282 g/mol. The molecule has 0 spiro atoms. The molecule has 0 bridgehead atoms. The summed E-state index contributed by atoms with van der Waals surface area (Å²) >= 11 is 0. The summed E-state index contributed by atoms with van der Waals surface area (Å²) in [5.74, 6) is -1.67. The monoisotopic (exact) mass is 282 g/mol. The van der Waals surface area contributed by atoms with Gasteiger partial charge in [-0.25, -0.2) is 0 Å². The Morgan fingerprint density at radius 3 is 2.00 bits per heavy atom. The summed E-state index contributed by atoms with van der Waals surface area (Å²) in [6.07, 6.45) is -0.242. The van der Waals surface area contributed by atoms with Gasteiger partial charge in [0, 0.05) is 13.2 Å².